The molecule has 0 bridgehead atoms. The van der Waals surface area contributed by atoms with Crippen LogP contribution in [0.1, 0.15) is 5.69 Å². The quantitative estimate of drug-likeness (QED) is 0.375. The van der Waals surface area contributed by atoms with Crippen LogP contribution in [-0.2, 0) is 17.8 Å². The van der Waals surface area contributed by atoms with Gasteiger partial charge in [-0.1, -0.05) is 48.5 Å². The third-order valence-corrected chi connectivity index (χ3v) is 6.66. The Kier molecular flexibility index (Phi) is 4.92. The summed E-state index contributed by atoms with van der Waals surface area (Å²) in [5, 5.41) is 2.35. The molecule has 0 aliphatic heterocycles. The van der Waals surface area contributed by atoms with E-state index in [1.54, 1.807) is 28.4 Å². The van der Waals surface area contributed by atoms with Gasteiger partial charge < -0.3 is 4.18 Å². The Labute approximate surface area is 196 Å². The van der Waals surface area contributed by atoms with Gasteiger partial charge in [-0.2, -0.15) is 4.21 Å². The molecule has 0 amide bonds. The summed E-state index contributed by atoms with van der Waals surface area (Å²) in [6.45, 7) is 0.171. The summed E-state index contributed by atoms with van der Waals surface area (Å²) in [6.07, 6.45) is 3.25. The van der Waals surface area contributed by atoms with Crippen molar-refractivity contribution in [3.8, 4) is 5.75 Å². The second kappa shape index (κ2) is 8.24. The summed E-state index contributed by atoms with van der Waals surface area (Å²) in [4.78, 5) is 22.4. The molecule has 8 heteroatoms. The number of pyridine rings is 1. The second-order valence-electron chi connectivity index (χ2n) is 7.79. The van der Waals surface area contributed by atoms with Crippen molar-refractivity contribution in [1.29, 1.82) is 0 Å². The van der Waals surface area contributed by atoms with Gasteiger partial charge in [0.25, 0.3) is 5.56 Å². The summed E-state index contributed by atoms with van der Waals surface area (Å²) >= 11 is -1.84. The van der Waals surface area contributed by atoms with Gasteiger partial charge in [0.05, 0.1) is 40.5 Å². The third-order valence-electron chi connectivity index (χ3n) is 5.70. The molecule has 0 fully saturated rings. The van der Waals surface area contributed by atoms with Crippen LogP contribution in [-0.4, -0.2) is 22.7 Å². The first-order valence-corrected chi connectivity index (χ1v) is 11.7. The van der Waals surface area contributed by atoms with Crippen molar-refractivity contribution in [2.24, 2.45) is 0 Å². The lowest BCUT2D eigenvalue weighted by molar-refractivity contribution is 0.554. The fourth-order valence-corrected chi connectivity index (χ4v) is 4.99. The molecule has 3 aromatic heterocycles. The predicted octanol–water partition coefficient (Wildman–Crippen LogP) is 4.45. The van der Waals surface area contributed by atoms with Crippen molar-refractivity contribution in [3.63, 3.8) is 0 Å². The molecule has 0 radical (unpaired) electrons. The summed E-state index contributed by atoms with van der Waals surface area (Å²) in [7, 11) is 0. The molecule has 0 spiro atoms. The molecule has 0 saturated heterocycles. The number of benzene rings is 3. The van der Waals surface area contributed by atoms with Gasteiger partial charge in [-0.3, -0.25) is 9.36 Å². The van der Waals surface area contributed by atoms with Crippen LogP contribution in [0, 0.1) is 0 Å². The van der Waals surface area contributed by atoms with Crippen molar-refractivity contribution in [3.05, 3.63) is 114 Å². The first-order valence-electron chi connectivity index (χ1n) is 10.7. The maximum Gasteiger partial charge on any atom is 0.323 e. The molecule has 3 aromatic carbocycles. The van der Waals surface area contributed by atoms with E-state index in [9.17, 15) is 9.00 Å². The molecule has 166 valence electrons. The lowest BCUT2D eigenvalue weighted by Gasteiger charge is -2.12. The van der Waals surface area contributed by atoms with Crippen molar-refractivity contribution >= 4 is 44.0 Å². The van der Waals surface area contributed by atoms with E-state index in [1.165, 1.54) is 10.9 Å². The zero-order chi connectivity index (χ0) is 23.1. The molecule has 1 unspecified atom stereocenters. The van der Waals surface area contributed by atoms with Crippen molar-refractivity contribution in [2.75, 3.05) is 0 Å². The smallest absolute Gasteiger partial charge is 0.323 e. The topological polar surface area (TPSA) is 79.0 Å². The molecular formula is C26H18N4O3S. The van der Waals surface area contributed by atoms with Gasteiger partial charge in [0.2, 0.25) is 0 Å². The SMILES string of the molecule is O=c1c2ccccc2ncn1Cc1nc2ccccc2c2ccn(S(=O)Oc3ccccc3)c12. The van der Waals surface area contributed by atoms with Crippen LogP contribution >= 0.6 is 0 Å². The van der Waals surface area contributed by atoms with Gasteiger partial charge >= 0.3 is 11.3 Å². The molecule has 6 aromatic rings. The van der Waals surface area contributed by atoms with Crippen LogP contribution in [0.15, 0.2) is 102 Å². The van der Waals surface area contributed by atoms with Crippen LogP contribution < -0.4 is 9.74 Å². The largest absolute Gasteiger partial charge is 0.385 e. The lowest BCUT2D eigenvalue weighted by atomic mass is 10.1. The number of rotatable bonds is 5. The zero-order valence-electron chi connectivity index (χ0n) is 17.9. The Morgan fingerprint density at radius 2 is 1.50 bits per heavy atom. The van der Waals surface area contributed by atoms with Gasteiger partial charge in [0.15, 0.2) is 0 Å². The summed E-state index contributed by atoms with van der Waals surface area (Å²) in [5.41, 5.74) is 2.52. The van der Waals surface area contributed by atoms with E-state index in [-0.39, 0.29) is 12.1 Å². The van der Waals surface area contributed by atoms with Gasteiger partial charge in [0.1, 0.15) is 5.75 Å². The number of aromatic nitrogens is 4. The van der Waals surface area contributed by atoms with E-state index in [2.05, 4.69) is 4.98 Å². The maximum atomic E-state index is 13.2. The molecule has 34 heavy (non-hydrogen) atoms. The molecular weight excluding hydrogens is 448 g/mol. The predicted molar refractivity (Wildman–Crippen MR) is 133 cm³/mol. The normalized spacial score (nSPS) is 12.4. The van der Waals surface area contributed by atoms with E-state index in [1.807, 2.05) is 66.7 Å². The Morgan fingerprint density at radius 1 is 0.794 bits per heavy atom. The summed E-state index contributed by atoms with van der Waals surface area (Å²) in [6, 6.07) is 25.9. The molecule has 0 N–H and O–H groups in total. The maximum absolute atomic E-state index is 13.2. The molecule has 1 atom stereocenters. The highest BCUT2D eigenvalue weighted by Crippen LogP contribution is 2.29. The van der Waals surface area contributed by atoms with Gasteiger partial charge in [-0.05, 0) is 36.4 Å². The molecule has 3 heterocycles. The standard InChI is InChI=1S/C26H18N4O3S/c31-26-21-11-5-6-12-22(21)27-17-29(26)16-24-25-20(19-10-4-7-13-23(19)28-24)14-15-30(25)34(32)33-18-8-2-1-3-9-18/h1-15,17H,16H2. The average Bonchev–Trinajstić information content (AvgIpc) is 3.33. The van der Waals surface area contributed by atoms with Crippen LogP contribution in [0.2, 0.25) is 0 Å². The average molecular weight is 467 g/mol. The molecule has 0 aliphatic rings. The Morgan fingerprint density at radius 3 is 2.32 bits per heavy atom. The highest BCUT2D eigenvalue weighted by Gasteiger charge is 2.18. The number of nitrogens with zero attached hydrogens (tertiary/aromatic N) is 4. The number of hydrogen-bond donors (Lipinski definition) is 0. The number of fused-ring (bicyclic) bond motifs is 4. The fourth-order valence-electron chi connectivity index (χ4n) is 4.12. The van der Waals surface area contributed by atoms with E-state index < -0.39 is 11.3 Å². The molecule has 0 aliphatic carbocycles. The number of para-hydroxylation sites is 3. The van der Waals surface area contributed by atoms with E-state index in [0.717, 1.165) is 16.3 Å². The van der Waals surface area contributed by atoms with E-state index in [0.29, 0.717) is 27.9 Å². The van der Waals surface area contributed by atoms with Crippen molar-refractivity contribution in [2.45, 2.75) is 6.54 Å². The first kappa shape index (κ1) is 20.3. The lowest BCUT2D eigenvalue weighted by Crippen LogP contribution is -2.22. The summed E-state index contributed by atoms with van der Waals surface area (Å²) in [5.74, 6) is 0.493. The van der Waals surface area contributed by atoms with Crippen LogP contribution in [0.25, 0.3) is 32.7 Å². The molecule has 7 nitrogen and oxygen atoms in total. The van der Waals surface area contributed by atoms with Crippen LogP contribution in [0.5, 0.6) is 5.75 Å². The van der Waals surface area contributed by atoms with Gasteiger partial charge in [-0.25, -0.2) is 13.9 Å². The first-order chi connectivity index (χ1) is 16.7. The highest BCUT2D eigenvalue weighted by atomic mass is 32.2. The second-order valence-corrected chi connectivity index (χ2v) is 8.78. The summed E-state index contributed by atoms with van der Waals surface area (Å²) < 4.78 is 22.0. The minimum atomic E-state index is -1.84. The Balaban J connectivity index is 1.52. The van der Waals surface area contributed by atoms with E-state index in [4.69, 9.17) is 9.17 Å². The van der Waals surface area contributed by atoms with Crippen molar-refractivity contribution < 1.29 is 8.39 Å². The Hall–Kier alpha value is -4.30. The van der Waals surface area contributed by atoms with Crippen LogP contribution in [0.3, 0.4) is 0 Å². The van der Waals surface area contributed by atoms with Gasteiger partial charge in [-0.15, -0.1) is 0 Å². The van der Waals surface area contributed by atoms with Crippen LogP contribution in [0.4, 0.5) is 0 Å². The highest BCUT2D eigenvalue weighted by molar-refractivity contribution is 7.79. The Bertz CT molecular complexity index is 1760. The fraction of sp³-hybridized carbons (Fsp3) is 0.0385. The third kappa shape index (κ3) is 3.45. The zero-order valence-corrected chi connectivity index (χ0v) is 18.7. The monoisotopic (exact) mass is 466 g/mol. The van der Waals surface area contributed by atoms with Gasteiger partial charge in [0, 0.05) is 17.0 Å². The minimum Gasteiger partial charge on any atom is -0.385 e. The molecule has 6 rings (SSSR count). The van der Waals surface area contributed by atoms with E-state index >= 15 is 0 Å². The number of hydrogen-bond acceptors (Lipinski definition) is 5. The van der Waals surface area contributed by atoms with Crippen molar-refractivity contribution in [1.82, 2.24) is 18.5 Å². The minimum absolute atomic E-state index is 0.159. The molecule has 0 saturated carbocycles.